The van der Waals surface area contributed by atoms with Crippen LogP contribution >= 0.6 is 11.8 Å². The van der Waals surface area contributed by atoms with Crippen LogP contribution in [-0.2, 0) is 9.59 Å². The van der Waals surface area contributed by atoms with Crippen LogP contribution in [0.3, 0.4) is 0 Å². The van der Waals surface area contributed by atoms with Crippen molar-refractivity contribution in [3.8, 4) is 5.75 Å². The highest BCUT2D eigenvalue weighted by Crippen LogP contribution is 2.11. The molecule has 0 unspecified atom stereocenters. The van der Waals surface area contributed by atoms with Gasteiger partial charge >= 0.3 is 0 Å². The van der Waals surface area contributed by atoms with Crippen LogP contribution in [0.25, 0.3) is 0 Å². The van der Waals surface area contributed by atoms with Gasteiger partial charge in [-0.25, -0.2) is 15.4 Å². The zero-order valence-electron chi connectivity index (χ0n) is 12.6. The average molecular weight is 345 g/mol. The van der Waals surface area contributed by atoms with E-state index in [2.05, 4.69) is 20.5 Å². The van der Waals surface area contributed by atoms with Crippen LogP contribution in [0.1, 0.15) is 5.56 Å². The SMILES string of the molecule is NC(=O)COc1ccc(/C=N/NC(=O)CSc2ncccn2)cc1. The van der Waals surface area contributed by atoms with Crippen molar-refractivity contribution in [3.63, 3.8) is 0 Å². The van der Waals surface area contributed by atoms with Gasteiger partial charge in [0.25, 0.3) is 11.8 Å². The number of nitrogens with one attached hydrogen (secondary N) is 1. The van der Waals surface area contributed by atoms with Gasteiger partial charge in [0.1, 0.15) is 5.75 Å². The lowest BCUT2D eigenvalue weighted by Gasteiger charge is -2.03. The second-order valence-electron chi connectivity index (χ2n) is 4.44. The number of hydrazone groups is 1. The lowest BCUT2D eigenvalue weighted by Crippen LogP contribution is -2.20. The van der Waals surface area contributed by atoms with Crippen molar-refractivity contribution in [2.45, 2.75) is 5.16 Å². The minimum atomic E-state index is -0.540. The molecule has 0 spiro atoms. The van der Waals surface area contributed by atoms with Gasteiger partial charge in [-0.3, -0.25) is 9.59 Å². The van der Waals surface area contributed by atoms with Crippen molar-refractivity contribution < 1.29 is 14.3 Å². The number of nitrogens with two attached hydrogens (primary N) is 1. The molecule has 0 radical (unpaired) electrons. The van der Waals surface area contributed by atoms with E-state index in [1.807, 2.05) is 0 Å². The number of rotatable bonds is 8. The van der Waals surface area contributed by atoms with Gasteiger partial charge in [0.2, 0.25) is 0 Å². The molecule has 0 atom stereocenters. The minimum Gasteiger partial charge on any atom is -0.484 e. The molecule has 24 heavy (non-hydrogen) atoms. The van der Waals surface area contributed by atoms with Crippen molar-refractivity contribution in [1.82, 2.24) is 15.4 Å². The summed E-state index contributed by atoms with van der Waals surface area (Å²) in [6.07, 6.45) is 4.73. The molecule has 3 N–H and O–H groups in total. The average Bonchev–Trinajstić information content (AvgIpc) is 2.60. The number of ether oxygens (including phenoxy) is 1. The number of aromatic nitrogens is 2. The van der Waals surface area contributed by atoms with Crippen LogP contribution in [0.5, 0.6) is 5.75 Å². The predicted octanol–water partition coefficient (Wildman–Crippen LogP) is 0.583. The molecule has 1 aromatic heterocycles. The van der Waals surface area contributed by atoms with Crippen LogP contribution in [0.4, 0.5) is 0 Å². The van der Waals surface area contributed by atoms with Crippen LogP contribution in [-0.4, -0.2) is 40.4 Å². The number of nitrogens with zero attached hydrogens (tertiary/aromatic N) is 3. The summed E-state index contributed by atoms with van der Waals surface area (Å²) in [5.41, 5.74) is 8.17. The Bertz CT molecular complexity index is 707. The monoisotopic (exact) mass is 345 g/mol. The number of amides is 2. The van der Waals surface area contributed by atoms with E-state index in [1.54, 1.807) is 42.7 Å². The summed E-state index contributed by atoms with van der Waals surface area (Å²) in [4.78, 5) is 30.3. The molecule has 0 fully saturated rings. The molecule has 0 saturated heterocycles. The summed E-state index contributed by atoms with van der Waals surface area (Å²) in [6, 6.07) is 8.53. The summed E-state index contributed by atoms with van der Waals surface area (Å²) < 4.78 is 5.14. The van der Waals surface area contributed by atoms with E-state index in [0.29, 0.717) is 10.9 Å². The van der Waals surface area contributed by atoms with E-state index in [4.69, 9.17) is 10.5 Å². The number of benzene rings is 1. The fourth-order valence-electron chi connectivity index (χ4n) is 1.51. The Morgan fingerprint density at radius 2 is 1.96 bits per heavy atom. The van der Waals surface area contributed by atoms with E-state index >= 15 is 0 Å². The molecule has 9 heteroatoms. The van der Waals surface area contributed by atoms with E-state index in [9.17, 15) is 9.59 Å². The van der Waals surface area contributed by atoms with Gasteiger partial charge in [-0.15, -0.1) is 0 Å². The summed E-state index contributed by atoms with van der Waals surface area (Å²) >= 11 is 1.22. The maximum absolute atomic E-state index is 11.6. The van der Waals surface area contributed by atoms with Crippen molar-refractivity contribution in [1.29, 1.82) is 0 Å². The number of primary amides is 1. The van der Waals surface area contributed by atoms with Gasteiger partial charge < -0.3 is 10.5 Å². The van der Waals surface area contributed by atoms with Crippen molar-refractivity contribution in [2.75, 3.05) is 12.4 Å². The molecule has 0 bridgehead atoms. The molecule has 2 aromatic rings. The first kappa shape index (κ1) is 17.4. The van der Waals surface area contributed by atoms with E-state index in [1.165, 1.54) is 18.0 Å². The topological polar surface area (TPSA) is 120 Å². The number of hydrogen-bond acceptors (Lipinski definition) is 7. The third-order valence-corrected chi connectivity index (χ3v) is 3.41. The summed E-state index contributed by atoms with van der Waals surface area (Å²) in [5.74, 6) is -0.108. The zero-order valence-corrected chi connectivity index (χ0v) is 13.4. The molecule has 124 valence electrons. The molecule has 0 aliphatic carbocycles. The maximum atomic E-state index is 11.6. The fraction of sp³-hybridized carbons (Fsp3) is 0.133. The number of carbonyl (C=O) groups excluding carboxylic acids is 2. The van der Waals surface area contributed by atoms with Crippen LogP contribution in [0.2, 0.25) is 0 Å². The summed E-state index contributed by atoms with van der Waals surface area (Å²) in [7, 11) is 0. The van der Waals surface area contributed by atoms with Gasteiger partial charge in [-0.1, -0.05) is 11.8 Å². The van der Waals surface area contributed by atoms with Gasteiger partial charge in [-0.05, 0) is 35.9 Å². The normalized spacial score (nSPS) is 10.5. The molecular weight excluding hydrogens is 330 g/mol. The standard InChI is InChI=1S/C15H15N5O3S/c16-13(21)9-23-12-4-2-11(3-5-12)8-19-20-14(22)10-24-15-17-6-1-7-18-15/h1-8H,9-10H2,(H2,16,21)(H,20,22)/b19-8+. The minimum absolute atomic E-state index is 0.168. The predicted molar refractivity (Wildman–Crippen MR) is 89.6 cm³/mol. The molecule has 2 rings (SSSR count). The molecule has 8 nitrogen and oxygen atoms in total. The van der Waals surface area contributed by atoms with E-state index < -0.39 is 5.91 Å². The quantitative estimate of drug-likeness (QED) is 0.313. The Morgan fingerprint density at radius 1 is 1.25 bits per heavy atom. The highest BCUT2D eigenvalue weighted by atomic mass is 32.2. The van der Waals surface area contributed by atoms with Crippen LogP contribution < -0.4 is 15.9 Å². The van der Waals surface area contributed by atoms with Gasteiger partial charge in [0.15, 0.2) is 11.8 Å². The van der Waals surface area contributed by atoms with Crippen molar-refractivity contribution in [2.24, 2.45) is 10.8 Å². The lowest BCUT2D eigenvalue weighted by molar-refractivity contribution is -0.120. The van der Waals surface area contributed by atoms with Crippen LogP contribution in [0, 0.1) is 0 Å². The second-order valence-corrected chi connectivity index (χ2v) is 5.38. The maximum Gasteiger partial charge on any atom is 0.255 e. The Balaban J connectivity index is 1.74. The zero-order chi connectivity index (χ0) is 17.2. The molecular formula is C15H15N5O3S. The second kappa shape index (κ2) is 9.26. The largest absolute Gasteiger partial charge is 0.484 e. The first-order chi connectivity index (χ1) is 11.6. The first-order valence-electron chi connectivity index (χ1n) is 6.86. The van der Waals surface area contributed by atoms with Gasteiger partial charge in [0, 0.05) is 12.4 Å². The Hall–Kier alpha value is -2.94. The molecule has 0 aliphatic heterocycles. The number of thioether (sulfide) groups is 1. The third kappa shape index (κ3) is 6.44. The summed E-state index contributed by atoms with van der Waals surface area (Å²) in [6.45, 7) is -0.174. The van der Waals surface area contributed by atoms with Crippen molar-refractivity contribution >= 4 is 29.8 Å². The molecule has 1 aromatic carbocycles. The number of hydrogen-bond donors (Lipinski definition) is 2. The van der Waals surface area contributed by atoms with E-state index in [0.717, 1.165) is 5.56 Å². The smallest absolute Gasteiger partial charge is 0.255 e. The molecule has 0 aliphatic rings. The lowest BCUT2D eigenvalue weighted by atomic mass is 10.2. The molecule has 1 heterocycles. The first-order valence-corrected chi connectivity index (χ1v) is 7.85. The van der Waals surface area contributed by atoms with Gasteiger partial charge in [-0.2, -0.15) is 5.10 Å². The number of carbonyl (C=O) groups is 2. The Morgan fingerprint density at radius 3 is 2.62 bits per heavy atom. The highest BCUT2D eigenvalue weighted by Gasteiger charge is 2.03. The van der Waals surface area contributed by atoms with Crippen molar-refractivity contribution in [3.05, 3.63) is 48.3 Å². The molecule has 0 saturated carbocycles. The molecule has 2 amide bonds. The Kier molecular flexibility index (Phi) is 6.72. The summed E-state index contributed by atoms with van der Waals surface area (Å²) in [5, 5.41) is 4.39. The van der Waals surface area contributed by atoms with Gasteiger partial charge in [0.05, 0.1) is 12.0 Å². The third-order valence-electron chi connectivity index (χ3n) is 2.54. The Labute approximate surface area is 142 Å². The van der Waals surface area contributed by atoms with E-state index in [-0.39, 0.29) is 18.3 Å². The van der Waals surface area contributed by atoms with Crippen LogP contribution in [0.15, 0.2) is 53.0 Å². The highest BCUT2D eigenvalue weighted by molar-refractivity contribution is 7.99. The fourth-order valence-corrected chi connectivity index (χ4v) is 2.10.